The fourth-order valence-electron chi connectivity index (χ4n) is 2.47. The maximum absolute atomic E-state index is 11.5. The van der Waals surface area contributed by atoms with Crippen LogP contribution in [0, 0.1) is 5.41 Å². The van der Waals surface area contributed by atoms with Crippen LogP contribution in [-0.4, -0.2) is 41.1 Å². The van der Waals surface area contributed by atoms with Crippen LogP contribution in [0.15, 0.2) is 24.3 Å². The minimum atomic E-state index is -3.65. The predicted octanol–water partition coefficient (Wildman–Crippen LogP) is 2.29. The van der Waals surface area contributed by atoms with Crippen molar-refractivity contribution in [3.8, 4) is 5.75 Å². The SMILES string of the molecule is COc1ccc(C2([C@H](C)OS(C)(=O)=O)OCC(C)(C)CO2)cc1. The zero-order valence-corrected chi connectivity index (χ0v) is 15.0. The summed E-state index contributed by atoms with van der Waals surface area (Å²) < 4.78 is 45.4. The quantitative estimate of drug-likeness (QED) is 0.763. The highest BCUT2D eigenvalue weighted by atomic mass is 32.2. The third-order valence-electron chi connectivity index (χ3n) is 3.70. The summed E-state index contributed by atoms with van der Waals surface area (Å²) in [5.74, 6) is -0.582. The molecule has 1 aromatic rings. The van der Waals surface area contributed by atoms with Crippen LogP contribution in [-0.2, 0) is 29.6 Å². The van der Waals surface area contributed by atoms with Gasteiger partial charge in [0.05, 0.1) is 26.6 Å². The van der Waals surface area contributed by atoms with Crippen molar-refractivity contribution in [2.75, 3.05) is 26.6 Å². The number of hydrogen-bond donors (Lipinski definition) is 0. The fourth-order valence-corrected chi connectivity index (χ4v) is 3.12. The lowest BCUT2D eigenvalue weighted by Gasteiger charge is -2.46. The van der Waals surface area contributed by atoms with E-state index >= 15 is 0 Å². The van der Waals surface area contributed by atoms with Gasteiger partial charge >= 0.3 is 0 Å². The Balaban J connectivity index is 2.38. The molecule has 0 aromatic heterocycles. The molecule has 7 heteroatoms. The molecular formula is C16H24O6S. The summed E-state index contributed by atoms with van der Waals surface area (Å²) in [5.41, 5.74) is 0.533. The summed E-state index contributed by atoms with van der Waals surface area (Å²) >= 11 is 0. The molecule has 2 rings (SSSR count). The third kappa shape index (κ3) is 4.23. The van der Waals surface area contributed by atoms with Crippen molar-refractivity contribution in [3.63, 3.8) is 0 Å². The first kappa shape index (κ1) is 18.2. The summed E-state index contributed by atoms with van der Waals surface area (Å²) in [7, 11) is -2.07. The van der Waals surface area contributed by atoms with Crippen molar-refractivity contribution in [1.29, 1.82) is 0 Å². The molecule has 1 saturated heterocycles. The van der Waals surface area contributed by atoms with E-state index in [2.05, 4.69) is 0 Å². The Morgan fingerprint density at radius 1 is 1.13 bits per heavy atom. The molecule has 0 amide bonds. The van der Waals surface area contributed by atoms with Gasteiger partial charge in [-0.05, 0) is 31.2 Å². The minimum absolute atomic E-state index is 0.152. The Hall–Kier alpha value is -1.15. The fraction of sp³-hybridized carbons (Fsp3) is 0.625. The summed E-state index contributed by atoms with van der Waals surface area (Å²) in [5, 5.41) is 0. The molecule has 1 heterocycles. The van der Waals surface area contributed by atoms with Gasteiger partial charge in [-0.15, -0.1) is 0 Å². The molecule has 0 aliphatic carbocycles. The average molecular weight is 344 g/mol. The van der Waals surface area contributed by atoms with E-state index in [4.69, 9.17) is 18.4 Å². The lowest BCUT2D eigenvalue weighted by atomic mass is 9.92. The van der Waals surface area contributed by atoms with Gasteiger partial charge in [0.15, 0.2) is 0 Å². The van der Waals surface area contributed by atoms with Crippen LogP contribution in [0.4, 0.5) is 0 Å². The third-order valence-corrected chi connectivity index (χ3v) is 4.34. The van der Waals surface area contributed by atoms with Crippen LogP contribution >= 0.6 is 0 Å². The Morgan fingerprint density at radius 2 is 1.65 bits per heavy atom. The Kier molecular flexibility index (Phi) is 5.06. The molecule has 1 aromatic carbocycles. The van der Waals surface area contributed by atoms with E-state index < -0.39 is 22.0 Å². The summed E-state index contributed by atoms with van der Waals surface area (Å²) in [6.07, 6.45) is 0.180. The minimum Gasteiger partial charge on any atom is -0.497 e. The summed E-state index contributed by atoms with van der Waals surface area (Å²) in [6.45, 7) is 6.52. The largest absolute Gasteiger partial charge is 0.497 e. The van der Waals surface area contributed by atoms with Crippen LogP contribution in [0.25, 0.3) is 0 Å². The molecule has 130 valence electrons. The van der Waals surface area contributed by atoms with Crippen LogP contribution in [0.3, 0.4) is 0 Å². The zero-order valence-electron chi connectivity index (χ0n) is 14.2. The zero-order chi connectivity index (χ0) is 17.3. The molecular weight excluding hydrogens is 320 g/mol. The Labute approximate surface area is 137 Å². The van der Waals surface area contributed by atoms with E-state index in [1.807, 2.05) is 13.8 Å². The van der Waals surface area contributed by atoms with E-state index in [1.165, 1.54) is 0 Å². The van der Waals surface area contributed by atoms with Crippen LogP contribution < -0.4 is 4.74 Å². The Morgan fingerprint density at radius 3 is 2.09 bits per heavy atom. The standard InChI is InChI=1S/C16H24O6S/c1-12(22-23(5,17)18)16(20-10-15(2,3)11-21-16)13-6-8-14(19-4)9-7-13/h6-9,12H,10-11H2,1-5H3/t12-/m0/s1. The second-order valence-electron chi connectivity index (χ2n) is 6.58. The smallest absolute Gasteiger partial charge is 0.264 e. The number of methoxy groups -OCH3 is 1. The summed E-state index contributed by atoms with van der Waals surface area (Å²) in [4.78, 5) is 0. The molecule has 6 nitrogen and oxygen atoms in total. The van der Waals surface area contributed by atoms with Gasteiger partial charge in [0.2, 0.25) is 5.79 Å². The molecule has 1 aliphatic rings. The molecule has 0 spiro atoms. The van der Waals surface area contributed by atoms with E-state index in [1.54, 1.807) is 38.3 Å². The second-order valence-corrected chi connectivity index (χ2v) is 8.18. The first-order valence-corrected chi connectivity index (χ1v) is 9.20. The molecule has 1 atom stereocenters. The molecule has 23 heavy (non-hydrogen) atoms. The van der Waals surface area contributed by atoms with Crippen molar-refractivity contribution >= 4 is 10.1 Å². The Bertz CT molecular complexity index is 625. The van der Waals surface area contributed by atoms with Crippen molar-refractivity contribution in [3.05, 3.63) is 29.8 Å². The van der Waals surface area contributed by atoms with Crippen LogP contribution in [0.1, 0.15) is 26.3 Å². The maximum atomic E-state index is 11.5. The predicted molar refractivity (Wildman–Crippen MR) is 85.7 cm³/mol. The monoisotopic (exact) mass is 344 g/mol. The van der Waals surface area contributed by atoms with Crippen molar-refractivity contribution in [1.82, 2.24) is 0 Å². The summed E-state index contributed by atoms with van der Waals surface area (Å²) in [6, 6.07) is 7.13. The van der Waals surface area contributed by atoms with Gasteiger partial charge in [-0.1, -0.05) is 13.8 Å². The highest BCUT2D eigenvalue weighted by Crippen LogP contribution is 2.41. The molecule has 0 unspecified atom stereocenters. The van der Waals surface area contributed by atoms with Crippen molar-refractivity contribution in [2.45, 2.75) is 32.7 Å². The molecule has 0 bridgehead atoms. The van der Waals surface area contributed by atoms with Gasteiger partial charge in [0.1, 0.15) is 11.9 Å². The van der Waals surface area contributed by atoms with E-state index in [-0.39, 0.29) is 5.41 Å². The van der Waals surface area contributed by atoms with Crippen LogP contribution in [0.5, 0.6) is 5.75 Å². The molecule has 1 fully saturated rings. The highest BCUT2D eigenvalue weighted by Gasteiger charge is 2.48. The lowest BCUT2D eigenvalue weighted by Crippen LogP contribution is -2.52. The second kappa shape index (κ2) is 6.39. The number of benzene rings is 1. The molecule has 0 N–H and O–H groups in total. The van der Waals surface area contributed by atoms with Gasteiger partial charge in [0.25, 0.3) is 10.1 Å². The topological polar surface area (TPSA) is 71.1 Å². The van der Waals surface area contributed by atoms with Gasteiger partial charge in [-0.25, -0.2) is 0 Å². The maximum Gasteiger partial charge on any atom is 0.264 e. The van der Waals surface area contributed by atoms with Gasteiger partial charge in [0, 0.05) is 11.0 Å². The number of hydrogen-bond acceptors (Lipinski definition) is 6. The van der Waals surface area contributed by atoms with E-state index in [0.717, 1.165) is 6.26 Å². The molecule has 1 aliphatic heterocycles. The van der Waals surface area contributed by atoms with Crippen molar-refractivity contribution in [2.24, 2.45) is 5.41 Å². The van der Waals surface area contributed by atoms with Gasteiger partial charge < -0.3 is 14.2 Å². The lowest BCUT2D eigenvalue weighted by molar-refractivity contribution is -0.335. The van der Waals surface area contributed by atoms with Crippen molar-refractivity contribution < 1.29 is 26.8 Å². The van der Waals surface area contributed by atoms with Gasteiger partial charge in [-0.2, -0.15) is 8.42 Å². The average Bonchev–Trinajstić information content (AvgIpc) is 2.46. The normalized spacial score (nSPS) is 21.6. The van der Waals surface area contributed by atoms with Crippen LogP contribution in [0.2, 0.25) is 0 Å². The van der Waals surface area contributed by atoms with Gasteiger partial charge in [-0.3, -0.25) is 4.18 Å². The molecule has 0 saturated carbocycles. The van der Waals surface area contributed by atoms with E-state index in [9.17, 15) is 8.42 Å². The number of ether oxygens (including phenoxy) is 3. The molecule has 0 radical (unpaired) electrons. The highest BCUT2D eigenvalue weighted by molar-refractivity contribution is 7.86. The first-order valence-electron chi connectivity index (χ1n) is 7.39. The number of rotatable bonds is 5. The first-order chi connectivity index (χ1) is 10.6. The van der Waals surface area contributed by atoms with E-state index in [0.29, 0.717) is 24.5 Å².